The SMILES string of the molecule is CC(C)=CCCC(C)=CCNC1=C(C)C(=O)c2ccccc2C1=O. The molecule has 1 aromatic carbocycles. The summed E-state index contributed by atoms with van der Waals surface area (Å²) in [6.45, 7) is 8.54. The van der Waals surface area contributed by atoms with Gasteiger partial charge in [-0.15, -0.1) is 0 Å². The predicted octanol–water partition coefficient (Wildman–Crippen LogP) is 4.62. The van der Waals surface area contributed by atoms with Crippen LogP contribution >= 0.6 is 0 Å². The van der Waals surface area contributed by atoms with E-state index in [1.165, 1.54) is 11.1 Å². The maximum Gasteiger partial charge on any atom is 0.209 e. The molecular weight excluding hydrogens is 298 g/mol. The second-order valence-corrected chi connectivity index (χ2v) is 6.46. The van der Waals surface area contributed by atoms with Crippen LogP contribution in [0, 0.1) is 0 Å². The second-order valence-electron chi connectivity index (χ2n) is 6.46. The quantitative estimate of drug-likeness (QED) is 0.777. The van der Waals surface area contributed by atoms with Crippen molar-refractivity contribution in [2.75, 3.05) is 6.54 Å². The van der Waals surface area contributed by atoms with Crippen molar-refractivity contribution < 1.29 is 9.59 Å². The van der Waals surface area contributed by atoms with E-state index in [9.17, 15) is 9.59 Å². The van der Waals surface area contributed by atoms with Crippen molar-refractivity contribution in [3.05, 3.63) is 70.0 Å². The number of fused-ring (bicyclic) bond motifs is 1. The van der Waals surface area contributed by atoms with Gasteiger partial charge in [0.25, 0.3) is 0 Å². The zero-order chi connectivity index (χ0) is 17.7. The number of carbonyl (C=O) groups excluding carboxylic acids is 2. The Balaban J connectivity index is 2.05. The van der Waals surface area contributed by atoms with Crippen LogP contribution in [0.4, 0.5) is 0 Å². The molecule has 0 heterocycles. The van der Waals surface area contributed by atoms with Crippen LogP contribution in [0.2, 0.25) is 0 Å². The molecule has 24 heavy (non-hydrogen) atoms. The van der Waals surface area contributed by atoms with Gasteiger partial charge in [0, 0.05) is 23.2 Å². The number of Topliss-reactive ketones (excluding diaryl/α,β-unsaturated/α-hetero) is 2. The molecule has 1 aromatic rings. The third-order valence-corrected chi connectivity index (χ3v) is 4.18. The summed E-state index contributed by atoms with van der Waals surface area (Å²) in [4.78, 5) is 25.0. The fraction of sp³-hybridized carbons (Fsp3) is 0.333. The summed E-state index contributed by atoms with van der Waals surface area (Å²) in [7, 11) is 0. The van der Waals surface area contributed by atoms with Gasteiger partial charge in [-0.2, -0.15) is 0 Å². The maximum absolute atomic E-state index is 12.6. The fourth-order valence-electron chi connectivity index (χ4n) is 2.73. The first-order chi connectivity index (χ1) is 11.4. The molecule has 0 amide bonds. The van der Waals surface area contributed by atoms with Gasteiger partial charge in [-0.1, -0.05) is 47.6 Å². The number of hydrogen-bond acceptors (Lipinski definition) is 3. The van der Waals surface area contributed by atoms with Crippen molar-refractivity contribution in [3.8, 4) is 0 Å². The van der Waals surface area contributed by atoms with E-state index in [1.54, 1.807) is 31.2 Å². The smallest absolute Gasteiger partial charge is 0.209 e. The van der Waals surface area contributed by atoms with Gasteiger partial charge in [0.05, 0.1) is 5.70 Å². The lowest BCUT2D eigenvalue weighted by Crippen LogP contribution is -2.29. The molecule has 1 aliphatic carbocycles. The monoisotopic (exact) mass is 323 g/mol. The van der Waals surface area contributed by atoms with Gasteiger partial charge in [0.15, 0.2) is 5.78 Å². The Hall–Kier alpha value is -2.42. The summed E-state index contributed by atoms with van der Waals surface area (Å²) in [5.74, 6) is -0.171. The minimum absolute atomic E-state index is 0.0723. The summed E-state index contributed by atoms with van der Waals surface area (Å²) in [5, 5.41) is 3.14. The van der Waals surface area contributed by atoms with Crippen LogP contribution in [0.15, 0.2) is 58.8 Å². The van der Waals surface area contributed by atoms with Gasteiger partial charge in [-0.25, -0.2) is 0 Å². The van der Waals surface area contributed by atoms with Crippen LogP contribution in [-0.4, -0.2) is 18.1 Å². The number of benzene rings is 1. The molecule has 3 nitrogen and oxygen atoms in total. The molecule has 0 radical (unpaired) electrons. The highest BCUT2D eigenvalue weighted by Crippen LogP contribution is 2.24. The highest BCUT2D eigenvalue weighted by Gasteiger charge is 2.29. The van der Waals surface area contributed by atoms with Gasteiger partial charge in [0.1, 0.15) is 0 Å². The second kappa shape index (κ2) is 7.91. The van der Waals surface area contributed by atoms with Crippen molar-refractivity contribution in [1.82, 2.24) is 5.32 Å². The van der Waals surface area contributed by atoms with E-state index in [0.717, 1.165) is 12.8 Å². The minimum atomic E-state index is -0.0988. The average Bonchev–Trinajstić information content (AvgIpc) is 2.55. The van der Waals surface area contributed by atoms with E-state index in [2.05, 4.69) is 38.2 Å². The number of carbonyl (C=O) groups is 2. The molecule has 0 unspecified atom stereocenters. The largest absolute Gasteiger partial charge is 0.378 e. The Morgan fingerprint density at radius 3 is 2.25 bits per heavy atom. The standard InChI is InChI=1S/C21H25NO2/c1-14(2)8-7-9-15(3)12-13-22-19-16(4)20(23)17-10-5-6-11-18(17)21(19)24/h5-6,8,10-12,22H,7,9,13H2,1-4H3. The Bertz CT molecular complexity index is 747. The normalized spacial score (nSPS) is 14.6. The molecule has 3 heteroatoms. The van der Waals surface area contributed by atoms with Crippen LogP contribution in [0.3, 0.4) is 0 Å². The first kappa shape index (κ1) is 17.9. The topological polar surface area (TPSA) is 46.2 Å². The molecule has 1 aliphatic rings. The summed E-state index contributed by atoms with van der Waals surface area (Å²) in [5.41, 5.74) is 4.50. The van der Waals surface area contributed by atoms with E-state index in [0.29, 0.717) is 28.9 Å². The fourth-order valence-corrected chi connectivity index (χ4v) is 2.73. The number of hydrogen-bond donors (Lipinski definition) is 1. The van der Waals surface area contributed by atoms with Gasteiger partial charge in [0.2, 0.25) is 5.78 Å². The van der Waals surface area contributed by atoms with Crippen molar-refractivity contribution >= 4 is 11.6 Å². The van der Waals surface area contributed by atoms with Crippen molar-refractivity contribution in [3.63, 3.8) is 0 Å². The maximum atomic E-state index is 12.6. The lowest BCUT2D eigenvalue weighted by Gasteiger charge is -2.19. The van der Waals surface area contributed by atoms with Crippen LogP contribution in [-0.2, 0) is 0 Å². The summed E-state index contributed by atoms with van der Waals surface area (Å²) in [6, 6.07) is 7.00. The Morgan fingerprint density at radius 1 is 1.00 bits per heavy atom. The van der Waals surface area contributed by atoms with Gasteiger partial charge in [-0.3, -0.25) is 9.59 Å². The number of nitrogens with one attached hydrogen (secondary N) is 1. The average molecular weight is 323 g/mol. The zero-order valence-electron chi connectivity index (χ0n) is 14.9. The zero-order valence-corrected chi connectivity index (χ0v) is 14.9. The van der Waals surface area contributed by atoms with Crippen LogP contribution < -0.4 is 5.32 Å². The molecule has 0 saturated carbocycles. The molecule has 0 aromatic heterocycles. The van der Waals surface area contributed by atoms with Gasteiger partial charge < -0.3 is 5.32 Å². The first-order valence-corrected chi connectivity index (χ1v) is 8.34. The Labute approximate surface area is 144 Å². The van der Waals surface area contributed by atoms with Crippen molar-refractivity contribution in [2.24, 2.45) is 0 Å². The van der Waals surface area contributed by atoms with Crippen LogP contribution in [0.25, 0.3) is 0 Å². The lowest BCUT2D eigenvalue weighted by atomic mass is 9.88. The third-order valence-electron chi connectivity index (χ3n) is 4.18. The van der Waals surface area contributed by atoms with Crippen LogP contribution in [0.5, 0.6) is 0 Å². The van der Waals surface area contributed by atoms with E-state index in [1.807, 2.05) is 0 Å². The van der Waals surface area contributed by atoms with Crippen molar-refractivity contribution in [2.45, 2.75) is 40.5 Å². The minimum Gasteiger partial charge on any atom is -0.378 e. The molecule has 1 N–H and O–H groups in total. The number of ketones is 2. The molecule has 0 saturated heterocycles. The first-order valence-electron chi connectivity index (χ1n) is 8.34. The van der Waals surface area contributed by atoms with Crippen molar-refractivity contribution in [1.29, 1.82) is 0 Å². The molecular formula is C21H25NO2. The third kappa shape index (κ3) is 4.10. The molecule has 0 bridgehead atoms. The Morgan fingerprint density at radius 2 is 1.62 bits per heavy atom. The highest BCUT2D eigenvalue weighted by molar-refractivity contribution is 6.26. The highest BCUT2D eigenvalue weighted by atomic mass is 16.1. The molecule has 2 rings (SSSR count). The number of allylic oxidation sites excluding steroid dienone is 5. The van der Waals surface area contributed by atoms with E-state index in [-0.39, 0.29) is 11.6 Å². The number of rotatable bonds is 6. The molecule has 126 valence electrons. The summed E-state index contributed by atoms with van der Waals surface area (Å²) in [6.07, 6.45) is 6.33. The molecule has 0 atom stereocenters. The van der Waals surface area contributed by atoms with Gasteiger partial charge >= 0.3 is 0 Å². The molecule has 0 fully saturated rings. The van der Waals surface area contributed by atoms with E-state index in [4.69, 9.17) is 0 Å². The summed E-state index contributed by atoms with van der Waals surface area (Å²) >= 11 is 0. The predicted molar refractivity (Wildman–Crippen MR) is 98.2 cm³/mol. The summed E-state index contributed by atoms with van der Waals surface area (Å²) < 4.78 is 0. The van der Waals surface area contributed by atoms with E-state index < -0.39 is 0 Å². The van der Waals surface area contributed by atoms with Gasteiger partial charge in [-0.05, 0) is 40.5 Å². The molecule has 0 aliphatic heterocycles. The Kier molecular flexibility index (Phi) is 5.91. The molecule has 0 spiro atoms. The van der Waals surface area contributed by atoms with E-state index >= 15 is 0 Å². The van der Waals surface area contributed by atoms with Crippen LogP contribution in [0.1, 0.15) is 61.3 Å². The lowest BCUT2D eigenvalue weighted by molar-refractivity contribution is 0.0969.